The lowest BCUT2D eigenvalue weighted by atomic mass is 10.3. The molecular weight excluding hydrogens is 251 g/mol. The number of nitrogens with zero attached hydrogens (tertiary/aromatic N) is 2. The van der Waals surface area contributed by atoms with E-state index in [4.69, 9.17) is 11.6 Å². The van der Waals surface area contributed by atoms with Crippen LogP contribution in [-0.2, 0) is 0 Å². The van der Waals surface area contributed by atoms with Gasteiger partial charge >= 0.3 is 0 Å². The first kappa shape index (κ1) is 8.78. The Kier molecular flexibility index (Phi) is 2.38. The summed E-state index contributed by atoms with van der Waals surface area (Å²) in [6.45, 7) is 0. The van der Waals surface area contributed by atoms with Crippen LogP contribution in [0.3, 0.4) is 0 Å². The molecule has 66 valence electrons. The van der Waals surface area contributed by atoms with Crippen molar-refractivity contribution in [2.45, 2.75) is 0 Å². The first-order valence-electron chi connectivity index (χ1n) is 3.73. The van der Waals surface area contributed by atoms with Crippen molar-refractivity contribution in [3.05, 3.63) is 46.4 Å². The Hall–Kier alpha value is -0.800. The van der Waals surface area contributed by atoms with Crippen molar-refractivity contribution >= 4 is 27.5 Å². The monoisotopic (exact) mass is 256 g/mol. The summed E-state index contributed by atoms with van der Waals surface area (Å²) in [7, 11) is 0. The van der Waals surface area contributed by atoms with E-state index in [0.717, 1.165) is 10.3 Å². The van der Waals surface area contributed by atoms with E-state index in [2.05, 4.69) is 20.9 Å². The molecule has 0 radical (unpaired) electrons. The molecule has 1 aromatic carbocycles. The fourth-order valence-corrected chi connectivity index (χ4v) is 1.93. The molecule has 0 amide bonds. The average molecular weight is 258 g/mol. The predicted molar refractivity (Wildman–Crippen MR) is 56.3 cm³/mol. The highest BCUT2D eigenvalue weighted by Crippen LogP contribution is 2.21. The summed E-state index contributed by atoms with van der Waals surface area (Å²) in [5.41, 5.74) is 0.997. The van der Waals surface area contributed by atoms with E-state index >= 15 is 0 Å². The van der Waals surface area contributed by atoms with E-state index in [1.807, 2.05) is 34.9 Å². The van der Waals surface area contributed by atoms with Gasteiger partial charge in [0.05, 0.1) is 6.20 Å². The van der Waals surface area contributed by atoms with E-state index < -0.39 is 0 Å². The van der Waals surface area contributed by atoms with Gasteiger partial charge in [0.15, 0.2) is 0 Å². The van der Waals surface area contributed by atoms with E-state index in [1.165, 1.54) is 0 Å². The van der Waals surface area contributed by atoms with E-state index in [-0.39, 0.29) is 0 Å². The van der Waals surface area contributed by atoms with Crippen molar-refractivity contribution in [1.82, 2.24) is 9.55 Å². The molecule has 0 spiro atoms. The summed E-state index contributed by atoms with van der Waals surface area (Å²) in [5.74, 6) is 0. The van der Waals surface area contributed by atoms with Crippen molar-refractivity contribution in [2.24, 2.45) is 0 Å². The van der Waals surface area contributed by atoms with Crippen LogP contribution in [0.2, 0.25) is 5.28 Å². The van der Waals surface area contributed by atoms with Crippen LogP contribution in [0.5, 0.6) is 0 Å². The topological polar surface area (TPSA) is 17.8 Å². The van der Waals surface area contributed by atoms with Gasteiger partial charge in [-0.1, -0.05) is 18.2 Å². The molecule has 0 saturated carbocycles. The molecule has 0 saturated heterocycles. The van der Waals surface area contributed by atoms with E-state index in [9.17, 15) is 0 Å². The van der Waals surface area contributed by atoms with Gasteiger partial charge in [0, 0.05) is 5.69 Å². The number of hydrogen-bond donors (Lipinski definition) is 0. The third kappa shape index (κ3) is 1.62. The zero-order valence-electron chi connectivity index (χ0n) is 6.61. The van der Waals surface area contributed by atoms with Gasteiger partial charge in [-0.15, -0.1) is 0 Å². The second-order valence-electron chi connectivity index (χ2n) is 2.52. The minimum Gasteiger partial charge on any atom is -0.277 e. The maximum Gasteiger partial charge on any atom is 0.208 e. The van der Waals surface area contributed by atoms with E-state index in [1.54, 1.807) is 6.20 Å². The van der Waals surface area contributed by atoms with Crippen LogP contribution in [0.15, 0.2) is 41.1 Å². The molecule has 13 heavy (non-hydrogen) atoms. The van der Waals surface area contributed by atoms with Crippen LogP contribution in [0.4, 0.5) is 0 Å². The molecule has 0 N–H and O–H groups in total. The number of rotatable bonds is 1. The summed E-state index contributed by atoms with van der Waals surface area (Å²) in [5, 5.41) is 0.457. The molecule has 4 heteroatoms. The van der Waals surface area contributed by atoms with Crippen molar-refractivity contribution in [3.8, 4) is 5.69 Å². The van der Waals surface area contributed by atoms with Gasteiger partial charge in [-0.05, 0) is 39.7 Å². The third-order valence-corrected chi connectivity index (χ3v) is 2.52. The summed E-state index contributed by atoms with van der Waals surface area (Å²) in [6.07, 6.45) is 1.68. The first-order valence-corrected chi connectivity index (χ1v) is 4.90. The Morgan fingerprint density at radius 3 is 2.46 bits per heavy atom. The number of hydrogen-bond acceptors (Lipinski definition) is 1. The van der Waals surface area contributed by atoms with Gasteiger partial charge in [0.25, 0.3) is 0 Å². The quantitative estimate of drug-likeness (QED) is 0.766. The Bertz CT molecular complexity index is 391. The smallest absolute Gasteiger partial charge is 0.208 e. The summed E-state index contributed by atoms with van der Waals surface area (Å²) >= 11 is 9.27. The van der Waals surface area contributed by atoms with Crippen LogP contribution in [0.1, 0.15) is 0 Å². The molecule has 0 aliphatic heterocycles. The van der Waals surface area contributed by atoms with Crippen LogP contribution >= 0.6 is 27.5 Å². The molecule has 1 heterocycles. The van der Waals surface area contributed by atoms with Crippen molar-refractivity contribution < 1.29 is 0 Å². The number of halogens is 2. The molecule has 0 bridgehead atoms. The highest BCUT2D eigenvalue weighted by Gasteiger charge is 2.06. The molecular formula is C9H6BrClN2. The lowest BCUT2D eigenvalue weighted by Gasteiger charge is -2.04. The number of aromatic nitrogens is 2. The van der Waals surface area contributed by atoms with Crippen molar-refractivity contribution in [1.29, 1.82) is 0 Å². The number of para-hydroxylation sites is 1. The standard InChI is InChI=1S/C9H6BrClN2/c10-8-6-12-9(11)13(8)7-4-2-1-3-5-7/h1-6H. The minimum atomic E-state index is 0.457. The second-order valence-corrected chi connectivity index (χ2v) is 3.67. The second kappa shape index (κ2) is 3.52. The van der Waals surface area contributed by atoms with Gasteiger partial charge < -0.3 is 0 Å². The maximum atomic E-state index is 5.90. The molecule has 0 atom stereocenters. The van der Waals surface area contributed by atoms with Crippen LogP contribution < -0.4 is 0 Å². The highest BCUT2D eigenvalue weighted by molar-refractivity contribution is 9.10. The van der Waals surface area contributed by atoms with Crippen molar-refractivity contribution in [3.63, 3.8) is 0 Å². The van der Waals surface area contributed by atoms with Gasteiger partial charge in [-0.3, -0.25) is 4.57 Å². The third-order valence-electron chi connectivity index (χ3n) is 1.69. The Morgan fingerprint density at radius 2 is 1.92 bits per heavy atom. The fourth-order valence-electron chi connectivity index (χ4n) is 1.12. The molecule has 0 fully saturated rings. The first-order chi connectivity index (χ1) is 6.29. The molecule has 0 aliphatic rings. The lowest BCUT2D eigenvalue weighted by Crippen LogP contribution is -1.93. The summed E-state index contributed by atoms with van der Waals surface area (Å²) < 4.78 is 2.67. The molecule has 2 aromatic rings. The highest BCUT2D eigenvalue weighted by atomic mass is 79.9. The number of benzene rings is 1. The van der Waals surface area contributed by atoms with Gasteiger partial charge in [0.2, 0.25) is 5.28 Å². The normalized spacial score (nSPS) is 10.3. The van der Waals surface area contributed by atoms with Crippen molar-refractivity contribution in [2.75, 3.05) is 0 Å². The molecule has 1 aromatic heterocycles. The SMILES string of the molecule is Clc1ncc(Br)n1-c1ccccc1. The average Bonchev–Trinajstić information content (AvgIpc) is 2.48. The summed E-state index contributed by atoms with van der Waals surface area (Å²) in [6, 6.07) is 9.81. The predicted octanol–water partition coefficient (Wildman–Crippen LogP) is 3.29. The van der Waals surface area contributed by atoms with E-state index in [0.29, 0.717) is 5.28 Å². The molecule has 2 rings (SSSR count). The number of imidazole rings is 1. The minimum absolute atomic E-state index is 0.457. The summed E-state index contributed by atoms with van der Waals surface area (Å²) in [4.78, 5) is 3.97. The molecule has 2 nitrogen and oxygen atoms in total. The molecule has 0 unspecified atom stereocenters. The zero-order valence-corrected chi connectivity index (χ0v) is 8.96. The fraction of sp³-hybridized carbons (Fsp3) is 0. The van der Waals surface area contributed by atoms with Crippen LogP contribution in [0.25, 0.3) is 5.69 Å². The Balaban J connectivity index is 2.59. The lowest BCUT2D eigenvalue weighted by molar-refractivity contribution is 1.03. The Labute approximate surface area is 89.3 Å². The van der Waals surface area contributed by atoms with Gasteiger partial charge in [-0.2, -0.15) is 0 Å². The Morgan fingerprint density at radius 1 is 1.23 bits per heavy atom. The van der Waals surface area contributed by atoms with Gasteiger partial charge in [-0.25, -0.2) is 4.98 Å². The largest absolute Gasteiger partial charge is 0.277 e. The zero-order chi connectivity index (χ0) is 9.26. The van der Waals surface area contributed by atoms with Crippen LogP contribution in [0, 0.1) is 0 Å². The van der Waals surface area contributed by atoms with Gasteiger partial charge in [0.1, 0.15) is 4.60 Å². The van der Waals surface area contributed by atoms with Crippen LogP contribution in [-0.4, -0.2) is 9.55 Å². The molecule has 0 aliphatic carbocycles. The maximum absolute atomic E-state index is 5.90.